The van der Waals surface area contributed by atoms with E-state index in [1.807, 2.05) is 0 Å². The maximum atomic E-state index is 10.4. The Kier molecular flexibility index (Phi) is 6.56. The summed E-state index contributed by atoms with van der Waals surface area (Å²) in [5.74, 6) is 0. The Balaban J connectivity index is 0.000000810. The molecule has 0 aromatic carbocycles. The molecular formula is C6H9NaOS2. The molecule has 10 heavy (non-hydrogen) atoms. The van der Waals surface area contributed by atoms with E-state index in [1.54, 1.807) is 0 Å². The summed E-state index contributed by atoms with van der Waals surface area (Å²) in [7, 11) is 0. The van der Waals surface area contributed by atoms with Crippen LogP contribution in [0.25, 0.3) is 0 Å². The van der Waals surface area contributed by atoms with E-state index in [4.69, 9.17) is 0 Å². The Hall–Kier alpha value is 1.24. The van der Waals surface area contributed by atoms with Crippen molar-refractivity contribution in [3.05, 3.63) is 0 Å². The molecule has 0 atom stereocenters. The third kappa shape index (κ3) is 4.19. The summed E-state index contributed by atoms with van der Waals surface area (Å²) in [5, 5.41) is 10.9. The normalized spacial score (nSPS) is 18.4. The van der Waals surface area contributed by atoms with E-state index >= 15 is 0 Å². The van der Waals surface area contributed by atoms with Crippen molar-refractivity contribution < 1.29 is 34.7 Å². The van der Waals surface area contributed by atoms with Gasteiger partial charge < -0.3 is 5.11 Å². The van der Waals surface area contributed by atoms with Crippen LogP contribution in [0.2, 0.25) is 0 Å². The smallest absolute Gasteiger partial charge is 0.860 e. The molecule has 0 aromatic rings. The number of hydrogen-bond donors (Lipinski definition) is 0. The summed E-state index contributed by atoms with van der Waals surface area (Å²) in [6.07, 6.45) is 4.93. The van der Waals surface area contributed by atoms with Gasteiger partial charge in [0, 0.05) is 5.25 Å². The van der Waals surface area contributed by atoms with Crippen molar-refractivity contribution in [2.45, 2.75) is 30.9 Å². The first kappa shape index (κ1) is 11.2. The fourth-order valence-corrected chi connectivity index (χ4v) is 2.39. The summed E-state index contributed by atoms with van der Waals surface area (Å²) in [4.78, 5) is 0. The first-order valence-corrected chi connectivity index (χ1v) is 4.45. The van der Waals surface area contributed by atoms with Crippen LogP contribution in [-0.4, -0.2) is 9.63 Å². The van der Waals surface area contributed by atoms with Crippen LogP contribution in [0.1, 0.15) is 25.7 Å². The predicted molar refractivity (Wildman–Crippen MR) is 42.4 cm³/mol. The second-order valence-electron chi connectivity index (χ2n) is 2.27. The van der Waals surface area contributed by atoms with Gasteiger partial charge in [0.05, 0.1) is 0 Å². The van der Waals surface area contributed by atoms with Gasteiger partial charge in [0.15, 0.2) is 0 Å². The largest absolute Gasteiger partial charge is 1.00 e. The molecule has 0 saturated heterocycles. The third-order valence-electron chi connectivity index (χ3n) is 1.57. The Morgan fingerprint density at radius 2 is 1.90 bits per heavy atom. The zero-order valence-corrected chi connectivity index (χ0v) is 9.76. The average Bonchev–Trinajstić information content (AvgIpc) is 2.15. The molecule has 0 unspecified atom stereocenters. The zero-order chi connectivity index (χ0) is 6.69. The van der Waals surface area contributed by atoms with Crippen molar-refractivity contribution in [2.75, 3.05) is 0 Å². The Morgan fingerprint density at radius 3 is 2.30 bits per heavy atom. The first-order chi connectivity index (χ1) is 4.29. The van der Waals surface area contributed by atoms with Crippen molar-refractivity contribution >= 4 is 28.4 Å². The van der Waals surface area contributed by atoms with Crippen molar-refractivity contribution in [2.24, 2.45) is 0 Å². The van der Waals surface area contributed by atoms with Gasteiger partial charge in [0.25, 0.3) is 0 Å². The summed E-state index contributed by atoms with van der Waals surface area (Å²) in [6, 6.07) is 0. The second kappa shape index (κ2) is 5.84. The minimum atomic E-state index is -0.137. The van der Waals surface area contributed by atoms with Crippen LogP contribution in [0.5, 0.6) is 0 Å². The van der Waals surface area contributed by atoms with Gasteiger partial charge in [0.2, 0.25) is 0 Å². The van der Waals surface area contributed by atoms with Crippen LogP contribution in [-0.2, 0) is 0 Å². The molecular weight excluding hydrogens is 175 g/mol. The van der Waals surface area contributed by atoms with E-state index in [0.29, 0.717) is 5.25 Å². The second-order valence-corrected chi connectivity index (χ2v) is 4.18. The van der Waals surface area contributed by atoms with E-state index < -0.39 is 0 Å². The molecule has 1 fully saturated rings. The SMILES string of the molecule is [Na+].[O-]C(=S)SC1CCCC1. The van der Waals surface area contributed by atoms with E-state index in [2.05, 4.69) is 12.2 Å². The Labute approximate surface area is 93.2 Å². The molecule has 0 N–H and O–H groups in total. The minimum Gasteiger partial charge on any atom is -0.860 e. The van der Waals surface area contributed by atoms with E-state index in [1.165, 1.54) is 37.4 Å². The van der Waals surface area contributed by atoms with Crippen LogP contribution in [0, 0.1) is 0 Å². The molecule has 1 rings (SSSR count). The molecule has 0 aliphatic heterocycles. The topological polar surface area (TPSA) is 23.1 Å². The van der Waals surface area contributed by atoms with Crippen molar-refractivity contribution in [3.63, 3.8) is 0 Å². The van der Waals surface area contributed by atoms with Gasteiger partial charge in [-0.1, -0.05) is 25.1 Å². The number of thioether (sulfide) groups is 1. The fourth-order valence-electron chi connectivity index (χ4n) is 1.14. The van der Waals surface area contributed by atoms with Crippen LogP contribution in [0.15, 0.2) is 0 Å². The summed E-state index contributed by atoms with van der Waals surface area (Å²) in [5.41, 5.74) is 0. The standard InChI is InChI=1S/C6H10OS2.Na/c7-6(8)9-5-3-1-2-4-5;/h5H,1-4H2,(H,7,8);/q;+1/p-1. The Bertz CT molecular complexity index is 112. The summed E-state index contributed by atoms with van der Waals surface area (Å²) in [6.45, 7) is 0. The molecule has 1 nitrogen and oxygen atoms in total. The molecule has 4 heteroatoms. The van der Waals surface area contributed by atoms with Gasteiger partial charge in [-0.2, -0.15) is 0 Å². The van der Waals surface area contributed by atoms with E-state index in [-0.39, 0.29) is 33.9 Å². The van der Waals surface area contributed by atoms with Crippen LogP contribution >= 0.6 is 24.0 Å². The van der Waals surface area contributed by atoms with Gasteiger partial charge >= 0.3 is 29.6 Å². The number of thiocarbonyl (C=S) groups is 1. The third-order valence-corrected chi connectivity index (χ3v) is 2.85. The van der Waals surface area contributed by atoms with E-state index in [9.17, 15) is 5.11 Å². The molecule has 0 bridgehead atoms. The van der Waals surface area contributed by atoms with Gasteiger partial charge in [-0.3, -0.25) is 0 Å². The zero-order valence-electron chi connectivity index (χ0n) is 6.13. The minimum absolute atomic E-state index is 0. The van der Waals surface area contributed by atoms with Crippen LogP contribution in [0.4, 0.5) is 0 Å². The molecule has 1 aliphatic rings. The molecule has 0 spiro atoms. The molecule has 1 saturated carbocycles. The van der Waals surface area contributed by atoms with Crippen molar-refractivity contribution in [3.8, 4) is 0 Å². The quantitative estimate of drug-likeness (QED) is 0.359. The van der Waals surface area contributed by atoms with Crippen LogP contribution in [0.3, 0.4) is 0 Å². The van der Waals surface area contributed by atoms with Gasteiger partial charge in [-0.05, 0) is 17.2 Å². The van der Waals surface area contributed by atoms with Crippen LogP contribution < -0.4 is 34.7 Å². The Morgan fingerprint density at radius 1 is 1.40 bits per heavy atom. The van der Waals surface area contributed by atoms with Gasteiger partial charge in [0.1, 0.15) is 0 Å². The average molecular weight is 184 g/mol. The first-order valence-electron chi connectivity index (χ1n) is 3.16. The molecule has 0 amide bonds. The number of rotatable bonds is 1. The van der Waals surface area contributed by atoms with E-state index in [0.717, 1.165) is 0 Å². The van der Waals surface area contributed by atoms with Crippen molar-refractivity contribution in [1.29, 1.82) is 0 Å². The fraction of sp³-hybridized carbons (Fsp3) is 0.833. The monoisotopic (exact) mass is 184 g/mol. The van der Waals surface area contributed by atoms with Gasteiger partial charge in [-0.15, -0.1) is 11.8 Å². The molecule has 0 heterocycles. The summed E-state index contributed by atoms with van der Waals surface area (Å²) >= 11 is 5.78. The predicted octanol–water partition coefficient (Wildman–Crippen LogP) is -1.69. The number of hydrogen-bond acceptors (Lipinski definition) is 3. The molecule has 0 aromatic heterocycles. The van der Waals surface area contributed by atoms with Gasteiger partial charge in [-0.25, -0.2) is 0 Å². The maximum Gasteiger partial charge on any atom is 1.00 e. The maximum absolute atomic E-state index is 10.4. The van der Waals surface area contributed by atoms with Crippen molar-refractivity contribution in [1.82, 2.24) is 0 Å². The molecule has 52 valence electrons. The molecule has 0 radical (unpaired) electrons. The molecule has 1 aliphatic carbocycles. The summed E-state index contributed by atoms with van der Waals surface area (Å²) < 4.78 is -0.137.